The molecule has 0 saturated carbocycles. The number of nitrogen functional groups attached to an aromatic ring is 1. The molecule has 2 aliphatic heterocycles. The lowest BCUT2D eigenvalue weighted by atomic mass is 10.1. The number of carbonyl (C=O) groups excluding carboxylic acids is 1. The lowest BCUT2D eigenvalue weighted by Crippen LogP contribution is -2.56. The smallest absolute Gasteiger partial charge is 0.272 e. The summed E-state index contributed by atoms with van der Waals surface area (Å²) in [5.74, 6) is 0.407. The first-order chi connectivity index (χ1) is 9.15. The summed E-state index contributed by atoms with van der Waals surface area (Å²) in [6.45, 7) is 5.07. The van der Waals surface area contributed by atoms with Crippen molar-refractivity contribution in [3.63, 3.8) is 0 Å². The third-order valence-corrected chi connectivity index (χ3v) is 4.19. The van der Waals surface area contributed by atoms with Gasteiger partial charge in [-0.3, -0.25) is 9.69 Å². The van der Waals surface area contributed by atoms with E-state index in [9.17, 15) is 4.79 Å². The molecule has 3 heterocycles. The van der Waals surface area contributed by atoms with Gasteiger partial charge in [-0.15, -0.1) is 0 Å². The van der Waals surface area contributed by atoms with Gasteiger partial charge in [0.2, 0.25) is 0 Å². The third-order valence-electron chi connectivity index (χ3n) is 4.19. The highest BCUT2D eigenvalue weighted by atomic mass is 16.2. The minimum atomic E-state index is 0.00588. The SMILES string of the molecule is CC1CN2CCCC2CN1C(=O)c1cccc(N)n1. The summed E-state index contributed by atoms with van der Waals surface area (Å²) in [6, 6.07) is 6.00. The van der Waals surface area contributed by atoms with Gasteiger partial charge < -0.3 is 10.6 Å². The molecule has 0 spiro atoms. The highest BCUT2D eigenvalue weighted by Crippen LogP contribution is 2.25. The number of pyridine rings is 1. The molecule has 5 heteroatoms. The first kappa shape index (κ1) is 12.4. The fourth-order valence-electron chi connectivity index (χ4n) is 3.19. The summed E-state index contributed by atoms with van der Waals surface area (Å²) >= 11 is 0. The van der Waals surface area contributed by atoms with Crippen LogP contribution in [-0.2, 0) is 0 Å². The molecule has 0 aromatic carbocycles. The van der Waals surface area contributed by atoms with E-state index >= 15 is 0 Å². The monoisotopic (exact) mass is 260 g/mol. The Hall–Kier alpha value is -1.62. The van der Waals surface area contributed by atoms with Gasteiger partial charge in [0.1, 0.15) is 11.5 Å². The van der Waals surface area contributed by atoms with Crippen molar-refractivity contribution in [3.05, 3.63) is 23.9 Å². The topological polar surface area (TPSA) is 62.5 Å². The second-order valence-corrected chi connectivity index (χ2v) is 5.55. The van der Waals surface area contributed by atoms with Gasteiger partial charge in [-0.25, -0.2) is 4.98 Å². The molecular weight excluding hydrogens is 240 g/mol. The van der Waals surface area contributed by atoms with Crippen LogP contribution in [-0.4, -0.2) is 52.4 Å². The van der Waals surface area contributed by atoms with E-state index in [1.54, 1.807) is 18.2 Å². The molecule has 0 radical (unpaired) electrons. The van der Waals surface area contributed by atoms with Gasteiger partial charge in [-0.1, -0.05) is 6.07 Å². The zero-order valence-corrected chi connectivity index (χ0v) is 11.2. The molecule has 2 aliphatic rings. The normalized spacial score (nSPS) is 27.3. The Morgan fingerprint density at radius 2 is 2.26 bits per heavy atom. The number of piperazine rings is 1. The Morgan fingerprint density at radius 1 is 1.42 bits per heavy atom. The minimum absolute atomic E-state index is 0.00588. The second kappa shape index (κ2) is 4.81. The first-order valence-electron chi connectivity index (χ1n) is 6.92. The van der Waals surface area contributed by atoms with Crippen LogP contribution in [0.1, 0.15) is 30.3 Å². The summed E-state index contributed by atoms with van der Waals surface area (Å²) in [6.07, 6.45) is 2.44. The van der Waals surface area contributed by atoms with Gasteiger partial charge >= 0.3 is 0 Å². The molecule has 1 aromatic heterocycles. The van der Waals surface area contributed by atoms with Crippen LogP contribution in [0.4, 0.5) is 5.82 Å². The molecule has 5 nitrogen and oxygen atoms in total. The molecule has 2 saturated heterocycles. The fraction of sp³-hybridized carbons (Fsp3) is 0.571. The maximum absolute atomic E-state index is 12.5. The van der Waals surface area contributed by atoms with Gasteiger partial charge in [0, 0.05) is 25.2 Å². The van der Waals surface area contributed by atoms with Gasteiger partial charge in [0.05, 0.1) is 0 Å². The summed E-state index contributed by atoms with van der Waals surface area (Å²) in [7, 11) is 0. The molecule has 0 aliphatic carbocycles. The van der Waals surface area contributed by atoms with E-state index in [0.29, 0.717) is 17.6 Å². The van der Waals surface area contributed by atoms with E-state index < -0.39 is 0 Å². The van der Waals surface area contributed by atoms with Gasteiger partial charge in [0.15, 0.2) is 0 Å². The number of carbonyl (C=O) groups is 1. The van der Waals surface area contributed by atoms with Crippen molar-refractivity contribution < 1.29 is 4.79 Å². The molecule has 2 atom stereocenters. The van der Waals surface area contributed by atoms with Crippen molar-refractivity contribution in [1.82, 2.24) is 14.8 Å². The van der Waals surface area contributed by atoms with Crippen molar-refractivity contribution in [3.8, 4) is 0 Å². The molecule has 2 unspecified atom stereocenters. The van der Waals surface area contributed by atoms with Crippen LogP contribution < -0.4 is 5.73 Å². The molecule has 3 rings (SSSR count). The van der Waals surface area contributed by atoms with Crippen molar-refractivity contribution in [2.75, 3.05) is 25.4 Å². The molecule has 2 fully saturated rings. The highest BCUT2D eigenvalue weighted by Gasteiger charge is 2.36. The summed E-state index contributed by atoms with van der Waals surface area (Å²) in [4.78, 5) is 21.1. The van der Waals surface area contributed by atoms with Gasteiger partial charge in [0.25, 0.3) is 5.91 Å². The summed E-state index contributed by atoms with van der Waals surface area (Å²) in [5, 5.41) is 0. The number of aromatic nitrogens is 1. The predicted molar refractivity (Wildman–Crippen MR) is 73.7 cm³/mol. The molecule has 2 N–H and O–H groups in total. The number of nitrogens with two attached hydrogens (primary N) is 1. The maximum Gasteiger partial charge on any atom is 0.272 e. The maximum atomic E-state index is 12.5. The number of anilines is 1. The van der Waals surface area contributed by atoms with E-state index in [0.717, 1.165) is 13.1 Å². The number of fused-ring (bicyclic) bond motifs is 1. The Morgan fingerprint density at radius 3 is 3.05 bits per heavy atom. The van der Waals surface area contributed by atoms with Crippen LogP contribution in [0.25, 0.3) is 0 Å². The van der Waals surface area contributed by atoms with E-state index in [-0.39, 0.29) is 11.9 Å². The van der Waals surface area contributed by atoms with E-state index in [1.807, 2.05) is 4.90 Å². The number of amides is 1. The minimum Gasteiger partial charge on any atom is -0.384 e. The lowest BCUT2D eigenvalue weighted by molar-refractivity contribution is 0.0390. The first-order valence-corrected chi connectivity index (χ1v) is 6.92. The zero-order chi connectivity index (χ0) is 13.4. The van der Waals surface area contributed by atoms with Crippen LogP contribution in [0.3, 0.4) is 0 Å². The average molecular weight is 260 g/mol. The average Bonchev–Trinajstić information content (AvgIpc) is 2.84. The molecular formula is C14H20N4O. The fourth-order valence-corrected chi connectivity index (χ4v) is 3.19. The van der Waals surface area contributed by atoms with Crippen LogP contribution in [0.2, 0.25) is 0 Å². The highest BCUT2D eigenvalue weighted by molar-refractivity contribution is 5.93. The predicted octanol–water partition coefficient (Wildman–Crippen LogP) is 0.972. The van der Waals surface area contributed by atoms with E-state index in [2.05, 4.69) is 16.8 Å². The molecule has 1 aromatic rings. The van der Waals surface area contributed by atoms with Crippen LogP contribution in [0.15, 0.2) is 18.2 Å². The Labute approximate surface area is 113 Å². The second-order valence-electron chi connectivity index (χ2n) is 5.55. The number of nitrogens with zero attached hydrogens (tertiary/aromatic N) is 3. The summed E-state index contributed by atoms with van der Waals surface area (Å²) in [5.41, 5.74) is 6.11. The third kappa shape index (κ3) is 2.30. The summed E-state index contributed by atoms with van der Waals surface area (Å²) < 4.78 is 0. The number of hydrogen-bond donors (Lipinski definition) is 1. The van der Waals surface area contributed by atoms with Crippen LogP contribution >= 0.6 is 0 Å². The van der Waals surface area contributed by atoms with Gasteiger partial charge in [-0.2, -0.15) is 0 Å². The Bertz CT molecular complexity index is 490. The zero-order valence-electron chi connectivity index (χ0n) is 11.2. The van der Waals surface area contributed by atoms with Gasteiger partial charge in [-0.05, 0) is 38.4 Å². The molecule has 102 valence electrons. The lowest BCUT2D eigenvalue weighted by Gasteiger charge is -2.42. The van der Waals surface area contributed by atoms with Crippen molar-refractivity contribution in [2.45, 2.75) is 31.8 Å². The molecule has 19 heavy (non-hydrogen) atoms. The largest absolute Gasteiger partial charge is 0.384 e. The van der Waals surface area contributed by atoms with Crippen molar-refractivity contribution in [1.29, 1.82) is 0 Å². The molecule has 1 amide bonds. The Kier molecular flexibility index (Phi) is 3.14. The Balaban J connectivity index is 1.79. The van der Waals surface area contributed by atoms with Crippen LogP contribution in [0, 0.1) is 0 Å². The van der Waals surface area contributed by atoms with Crippen molar-refractivity contribution >= 4 is 11.7 Å². The number of hydrogen-bond acceptors (Lipinski definition) is 4. The quantitative estimate of drug-likeness (QED) is 0.817. The van der Waals surface area contributed by atoms with Crippen LogP contribution in [0.5, 0.6) is 0 Å². The van der Waals surface area contributed by atoms with E-state index in [4.69, 9.17) is 5.73 Å². The number of rotatable bonds is 1. The molecule has 0 bridgehead atoms. The van der Waals surface area contributed by atoms with Crippen molar-refractivity contribution in [2.24, 2.45) is 0 Å². The standard InChI is InChI=1S/C14H20N4O/c1-10-8-17-7-3-4-11(17)9-18(10)14(19)12-5-2-6-13(15)16-12/h2,5-6,10-11H,3-4,7-9H2,1H3,(H2,15,16). The van der Waals surface area contributed by atoms with E-state index in [1.165, 1.54) is 19.4 Å².